The van der Waals surface area contributed by atoms with Gasteiger partial charge in [0.15, 0.2) is 0 Å². The summed E-state index contributed by atoms with van der Waals surface area (Å²) in [6.45, 7) is 5.40. The summed E-state index contributed by atoms with van der Waals surface area (Å²) in [6.07, 6.45) is 9.55. The van der Waals surface area contributed by atoms with Gasteiger partial charge in [-0.05, 0) is 60.3 Å². The van der Waals surface area contributed by atoms with Gasteiger partial charge in [0.2, 0.25) is 0 Å². The summed E-state index contributed by atoms with van der Waals surface area (Å²) in [5, 5.41) is 3.61. The molecule has 3 heteroatoms. The molecule has 0 saturated heterocycles. The third-order valence-electron chi connectivity index (χ3n) is 2.67. The van der Waals surface area contributed by atoms with Crippen molar-refractivity contribution in [3.8, 4) is 12.3 Å². The van der Waals surface area contributed by atoms with Crippen LogP contribution in [0.5, 0.6) is 0 Å². The molecule has 1 N–H and O–H groups in total. The predicted molar refractivity (Wildman–Crippen MR) is 80.5 cm³/mol. The minimum absolute atomic E-state index is 0.457. The van der Waals surface area contributed by atoms with Gasteiger partial charge in [-0.25, -0.2) is 0 Å². The molecule has 0 aliphatic carbocycles. The van der Waals surface area contributed by atoms with Gasteiger partial charge in [0.25, 0.3) is 0 Å². The van der Waals surface area contributed by atoms with Crippen molar-refractivity contribution in [3.63, 3.8) is 0 Å². The molecule has 1 heterocycles. The number of nitrogens with one attached hydrogen (secondary N) is 1. The van der Waals surface area contributed by atoms with E-state index in [-0.39, 0.29) is 0 Å². The molecule has 1 unspecified atom stereocenters. The fourth-order valence-electron chi connectivity index (χ4n) is 1.73. The fourth-order valence-corrected chi connectivity index (χ4v) is 3.41. The van der Waals surface area contributed by atoms with E-state index in [1.54, 1.807) is 0 Å². The zero-order valence-electron chi connectivity index (χ0n) is 10.6. The third-order valence-corrected chi connectivity index (χ3v) is 4.92. The molecule has 0 bridgehead atoms. The van der Waals surface area contributed by atoms with Crippen LogP contribution in [-0.4, -0.2) is 6.54 Å². The van der Waals surface area contributed by atoms with Crippen molar-refractivity contribution in [1.29, 1.82) is 0 Å². The first-order valence-electron chi connectivity index (χ1n) is 6.11. The average Bonchev–Trinajstić information content (AvgIpc) is 2.64. The molecule has 1 rings (SSSR count). The van der Waals surface area contributed by atoms with Gasteiger partial charge < -0.3 is 5.32 Å². The first kappa shape index (κ1) is 14.8. The molecule has 0 radical (unpaired) electrons. The van der Waals surface area contributed by atoms with E-state index in [0.29, 0.717) is 6.04 Å². The standard InChI is InChI=1S/C14H20BrNS/c1-4-6-7-8-12(16-9-5-2)13-10-11(3)14(15)17-13/h1,10,12,16H,5-9H2,2-3H3. The normalized spacial score (nSPS) is 12.4. The number of rotatable bonds is 7. The van der Waals surface area contributed by atoms with E-state index in [2.05, 4.69) is 47.1 Å². The first-order chi connectivity index (χ1) is 8.19. The Balaban J connectivity index is 2.64. The first-order valence-corrected chi connectivity index (χ1v) is 7.72. The second kappa shape index (κ2) is 7.92. The van der Waals surface area contributed by atoms with E-state index in [1.807, 2.05) is 11.3 Å². The number of thiophene rings is 1. The van der Waals surface area contributed by atoms with Crippen LogP contribution in [0, 0.1) is 19.3 Å². The highest BCUT2D eigenvalue weighted by Gasteiger charge is 2.14. The lowest BCUT2D eigenvalue weighted by Gasteiger charge is -2.16. The van der Waals surface area contributed by atoms with Gasteiger partial charge in [-0.3, -0.25) is 0 Å². The monoisotopic (exact) mass is 313 g/mol. The molecule has 0 spiro atoms. The number of hydrogen-bond donors (Lipinski definition) is 1. The Morgan fingerprint density at radius 1 is 1.59 bits per heavy atom. The van der Waals surface area contributed by atoms with E-state index in [9.17, 15) is 0 Å². The van der Waals surface area contributed by atoms with Crippen molar-refractivity contribution in [3.05, 3.63) is 20.3 Å². The van der Waals surface area contributed by atoms with Crippen molar-refractivity contribution in [1.82, 2.24) is 5.32 Å². The Morgan fingerprint density at radius 3 is 2.88 bits per heavy atom. The zero-order chi connectivity index (χ0) is 12.7. The van der Waals surface area contributed by atoms with E-state index in [4.69, 9.17) is 6.42 Å². The van der Waals surface area contributed by atoms with E-state index in [0.717, 1.165) is 32.2 Å². The maximum absolute atomic E-state index is 5.31. The summed E-state index contributed by atoms with van der Waals surface area (Å²) < 4.78 is 1.24. The largest absolute Gasteiger partial charge is 0.309 e. The molecule has 1 atom stereocenters. The summed E-state index contributed by atoms with van der Waals surface area (Å²) in [6, 6.07) is 2.73. The lowest BCUT2D eigenvalue weighted by molar-refractivity contribution is 0.494. The van der Waals surface area contributed by atoms with Crippen molar-refractivity contribution in [2.75, 3.05) is 6.54 Å². The van der Waals surface area contributed by atoms with Crippen molar-refractivity contribution in [2.24, 2.45) is 0 Å². The van der Waals surface area contributed by atoms with Crippen LogP contribution in [0.3, 0.4) is 0 Å². The smallest absolute Gasteiger partial charge is 0.0731 e. The number of unbranched alkanes of at least 4 members (excludes halogenated alkanes) is 1. The van der Waals surface area contributed by atoms with Crippen LogP contribution in [-0.2, 0) is 0 Å². The maximum Gasteiger partial charge on any atom is 0.0731 e. The summed E-state index contributed by atoms with van der Waals surface area (Å²) in [5.74, 6) is 2.71. The summed E-state index contributed by atoms with van der Waals surface area (Å²) in [7, 11) is 0. The molecule has 94 valence electrons. The van der Waals surface area contributed by atoms with Crippen molar-refractivity contribution >= 4 is 27.3 Å². The number of aryl methyl sites for hydroxylation is 1. The maximum atomic E-state index is 5.31. The molecule has 0 aliphatic heterocycles. The molecule has 0 fully saturated rings. The Bertz CT molecular complexity index is 359. The average molecular weight is 314 g/mol. The molecule has 0 amide bonds. The van der Waals surface area contributed by atoms with E-state index < -0.39 is 0 Å². The molecule has 0 aromatic carbocycles. The Morgan fingerprint density at radius 2 is 2.35 bits per heavy atom. The summed E-state index contributed by atoms with van der Waals surface area (Å²) >= 11 is 5.43. The summed E-state index contributed by atoms with van der Waals surface area (Å²) in [4.78, 5) is 1.42. The van der Waals surface area contributed by atoms with Gasteiger partial charge in [0, 0.05) is 17.3 Å². The zero-order valence-corrected chi connectivity index (χ0v) is 13.0. The second-order valence-corrected chi connectivity index (χ2v) is 6.61. The van der Waals surface area contributed by atoms with Gasteiger partial charge in [-0.1, -0.05) is 6.92 Å². The lowest BCUT2D eigenvalue weighted by atomic mass is 10.1. The van der Waals surface area contributed by atoms with Crippen LogP contribution in [0.15, 0.2) is 9.85 Å². The lowest BCUT2D eigenvalue weighted by Crippen LogP contribution is -2.21. The highest BCUT2D eigenvalue weighted by molar-refractivity contribution is 9.11. The molecule has 1 nitrogen and oxygen atoms in total. The van der Waals surface area contributed by atoms with Crippen LogP contribution in [0.2, 0.25) is 0 Å². The predicted octanol–water partition coefficient (Wildman–Crippen LogP) is 4.66. The SMILES string of the molecule is C#CCCCC(NCCC)c1cc(C)c(Br)s1. The van der Waals surface area contributed by atoms with Gasteiger partial charge >= 0.3 is 0 Å². The molecular weight excluding hydrogens is 294 g/mol. The minimum atomic E-state index is 0.457. The minimum Gasteiger partial charge on any atom is -0.309 e. The van der Waals surface area contributed by atoms with E-state index in [1.165, 1.54) is 14.2 Å². The van der Waals surface area contributed by atoms with Gasteiger partial charge in [0.05, 0.1) is 3.79 Å². The fraction of sp³-hybridized carbons (Fsp3) is 0.571. The highest BCUT2D eigenvalue weighted by atomic mass is 79.9. The molecule has 17 heavy (non-hydrogen) atoms. The van der Waals surface area contributed by atoms with Crippen molar-refractivity contribution in [2.45, 2.75) is 45.6 Å². The quantitative estimate of drug-likeness (QED) is 0.570. The number of hydrogen-bond acceptors (Lipinski definition) is 2. The van der Waals surface area contributed by atoms with Crippen LogP contribution in [0.1, 0.15) is 49.1 Å². The number of terminal acetylenes is 1. The Hall–Kier alpha value is -0.300. The van der Waals surface area contributed by atoms with Gasteiger partial charge in [0.1, 0.15) is 0 Å². The third kappa shape index (κ3) is 4.83. The molecule has 1 aromatic rings. The Labute approximate surface area is 117 Å². The van der Waals surface area contributed by atoms with Gasteiger partial charge in [-0.2, -0.15) is 0 Å². The van der Waals surface area contributed by atoms with Crippen LogP contribution in [0.25, 0.3) is 0 Å². The van der Waals surface area contributed by atoms with Gasteiger partial charge in [-0.15, -0.1) is 23.7 Å². The van der Waals surface area contributed by atoms with Crippen LogP contribution >= 0.6 is 27.3 Å². The molecule has 0 saturated carbocycles. The van der Waals surface area contributed by atoms with Crippen LogP contribution < -0.4 is 5.32 Å². The van der Waals surface area contributed by atoms with E-state index >= 15 is 0 Å². The number of halogens is 1. The topological polar surface area (TPSA) is 12.0 Å². The molecular formula is C14H20BrNS. The highest BCUT2D eigenvalue weighted by Crippen LogP contribution is 2.33. The molecule has 0 aliphatic rings. The second-order valence-electron chi connectivity index (χ2n) is 4.21. The van der Waals surface area contributed by atoms with Crippen LogP contribution in [0.4, 0.5) is 0 Å². The summed E-state index contributed by atoms with van der Waals surface area (Å²) in [5.41, 5.74) is 1.32. The molecule has 1 aromatic heterocycles. The van der Waals surface area contributed by atoms with Crippen molar-refractivity contribution < 1.29 is 0 Å². The Kier molecular flexibility index (Phi) is 6.87.